The zero-order valence-electron chi connectivity index (χ0n) is 16.4. The van der Waals surface area contributed by atoms with Gasteiger partial charge in [0.1, 0.15) is 12.4 Å². The lowest BCUT2D eigenvalue weighted by Crippen LogP contribution is -2.50. The van der Waals surface area contributed by atoms with E-state index >= 15 is 0 Å². The molecule has 2 atom stereocenters. The van der Waals surface area contributed by atoms with Crippen molar-refractivity contribution < 1.29 is 4.74 Å². The summed E-state index contributed by atoms with van der Waals surface area (Å²) in [5.41, 5.74) is 3.88. The molecule has 1 heterocycles. The van der Waals surface area contributed by atoms with Gasteiger partial charge in [-0.05, 0) is 35.7 Å². The summed E-state index contributed by atoms with van der Waals surface area (Å²) in [6.07, 6.45) is 0. The number of nitrogens with one attached hydrogen (secondary N) is 1. The van der Waals surface area contributed by atoms with Crippen molar-refractivity contribution in [2.75, 3.05) is 13.1 Å². The first kappa shape index (κ1) is 18.7. The monoisotopic (exact) mass is 372 g/mol. The van der Waals surface area contributed by atoms with Crippen molar-refractivity contribution in [1.82, 2.24) is 10.2 Å². The number of rotatable bonds is 6. The van der Waals surface area contributed by atoms with E-state index < -0.39 is 0 Å². The number of nitrogens with zero attached hydrogens (tertiary/aromatic N) is 1. The molecule has 1 N–H and O–H groups in total. The largest absolute Gasteiger partial charge is 0.489 e. The molecule has 0 unspecified atom stereocenters. The van der Waals surface area contributed by atoms with Crippen molar-refractivity contribution in [2.24, 2.45) is 0 Å². The Balaban J connectivity index is 1.37. The van der Waals surface area contributed by atoms with Gasteiger partial charge in [-0.2, -0.15) is 0 Å². The molecule has 28 heavy (non-hydrogen) atoms. The minimum absolute atomic E-state index is 0.343. The van der Waals surface area contributed by atoms with Gasteiger partial charge in [0.2, 0.25) is 0 Å². The van der Waals surface area contributed by atoms with Gasteiger partial charge in [0, 0.05) is 31.7 Å². The molecular formula is C25H28N2O. The Morgan fingerprint density at radius 1 is 0.821 bits per heavy atom. The van der Waals surface area contributed by atoms with Crippen LogP contribution in [0.1, 0.15) is 29.7 Å². The smallest absolute Gasteiger partial charge is 0.119 e. The van der Waals surface area contributed by atoms with Crippen molar-refractivity contribution >= 4 is 0 Å². The van der Waals surface area contributed by atoms with E-state index in [9.17, 15) is 0 Å². The fourth-order valence-electron chi connectivity index (χ4n) is 3.88. The highest BCUT2D eigenvalue weighted by molar-refractivity contribution is 5.30. The second kappa shape index (κ2) is 9.05. The average molecular weight is 373 g/mol. The molecule has 0 amide bonds. The molecule has 1 aliphatic heterocycles. The van der Waals surface area contributed by atoms with Crippen LogP contribution in [0.4, 0.5) is 0 Å². The first-order chi connectivity index (χ1) is 13.8. The van der Waals surface area contributed by atoms with Crippen LogP contribution in [0.2, 0.25) is 0 Å². The van der Waals surface area contributed by atoms with Crippen LogP contribution in [0.5, 0.6) is 5.75 Å². The van der Waals surface area contributed by atoms with Crippen LogP contribution in [0.25, 0.3) is 0 Å². The molecule has 3 aromatic rings. The first-order valence-electron chi connectivity index (χ1n) is 10.1. The molecule has 3 heteroatoms. The molecule has 0 spiro atoms. The van der Waals surface area contributed by atoms with E-state index in [2.05, 4.69) is 83.9 Å². The zero-order chi connectivity index (χ0) is 19.2. The molecule has 0 aliphatic carbocycles. The third kappa shape index (κ3) is 5.00. The van der Waals surface area contributed by atoms with Gasteiger partial charge in [0.05, 0.1) is 0 Å². The molecule has 1 saturated heterocycles. The summed E-state index contributed by atoms with van der Waals surface area (Å²) in [6.45, 7) is 5.96. The lowest BCUT2D eigenvalue weighted by atomic mass is 10.0. The van der Waals surface area contributed by atoms with E-state index in [-0.39, 0.29) is 0 Å². The lowest BCUT2D eigenvalue weighted by molar-refractivity contribution is 0.160. The SMILES string of the molecule is C[C@@H]1CN(Cc2ccccc2)C[C@H](c2ccc(OCc3ccccc3)cc2)N1. The summed E-state index contributed by atoms with van der Waals surface area (Å²) in [5, 5.41) is 3.74. The van der Waals surface area contributed by atoms with Gasteiger partial charge < -0.3 is 10.1 Å². The third-order valence-electron chi connectivity index (χ3n) is 5.24. The second-order valence-corrected chi connectivity index (χ2v) is 7.64. The maximum Gasteiger partial charge on any atom is 0.119 e. The van der Waals surface area contributed by atoms with Crippen LogP contribution in [0.15, 0.2) is 84.9 Å². The maximum absolute atomic E-state index is 5.92. The van der Waals surface area contributed by atoms with Crippen molar-refractivity contribution in [1.29, 1.82) is 0 Å². The summed E-state index contributed by atoms with van der Waals surface area (Å²) < 4.78 is 5.92. The summed E-state index contributed by atoms with van der Waals surface area (Å²) >= 11 is 0. The normalized spacial score (nSPS) is 20.0. The summed E-state index contributed by atoms with van der Waals surface area (Å²) in [5.74, 6) is 0.914. The average Bonchev–Trinajstić information content (AvgIpc) is 2.74. The highest BCUT2D eigenvalue weighted by Gasteiger charge is 2.25. The number of piperazine rings is 1. The Hall–Kier alpha value is -2.62. The van der Waals surface area contributed by atoms with Gasteiger partial charge in [0.25, 0.3) is 0 Å². The van der Waals surface area contributed by atoms with Crippen molar-refractivity contribution in [3.05, 3.63) is 102 Å². The third-order valence-corrected chi connectivity index (χ3v) is 5.24. The highest BCUT2D eigenvalue weighted by atomic mass is 16.5. The van der Waals surface area contributed by atoms with Crippen molar-refractivity contribution in [3.63, 3.8) is 0 Å². The Bertz CT molecular complexity index is 849. The van der Waals surface area contributed by atoms with Gasteiger partial charge >= 0.3 is 0 Å². The number of ether oxygens (including phenoxy) is 1. The first-order valence-corrected chi connectivity index (χ1v) is 10.1. The van der Waals surface area contributed by atoms with E-state index in [1.165, 1.54) is 16.7 Å². The van der Waals surface area contributed by atoms with Gasteiger partial charge in [-0.1, -0.05) is 72.8 Å². The molecule has 1 aliphatic rings. The number of benzene rings is 3. The number of hydrogen-bond acceptors (Lipinski definition) is 3. The molecule has 144 valence electrons. The van der Waals surface area contributed by atoms with Crippen LogP contribution < -0.4 is 10.1 Å². The van der Waals surface area contributed by atoms with Gasteiger partial charge in [-0.15, -0.1) is 0 Å². The van der Waals surface area contributed by atoms with Gasteiger partial charge in [-0.25, -0.2) is 0 Å². The quantitative estimate of drug-likeness (QED) is 0.673. The lowest BCUT2D eigenvalue weighted by Gasteiger charge is -2.38. The minimum atomic E-state index is 0.343. The van der Waals surface area contributed by atoms with E-state index in [0.29, 0.717) is 18.7 Å². The Morgan fingerprint density at radius 2 is 1.46 bits per heavy atom. The summed E-state index contributed by atoms with van der Waals surface area (Å²) in [6, 6.07) is 30.4. The maximum atomic E-state index is 5.92. The molecular weight excluding hydrogens is 344 g/mol. The van der Waals surface area contributed by atoms with E-state index in [1.54, 1.807) is 0 Å². The van der Waals surface area contributed by atoms with Crippen molar-refractivity contribution in [2.45, 2.75) is 32.2 Å². The van der Waals surface area contributed by atoms with Gasteiger partial charge in [0.15, 0.2) is 0 Å². The minimum Gasteiger partial charge on any atom is -0.489 e. The Labute approximate surface area is 168 Å². The molecule has 3 aromatic carbocycles. The van der Waals surface area contributed by atoms with E-state index in [0.717, 1.165) is 25.4 Å². The fraction of sp³-hybridized carbons (Fsp3) is 0.280. The predicted octanol–water partition coefficient (Wildman–Crippen LogP) is 4.80. The van der Waals surface area contributed by atoms with Crippen LogP contribution in [0.3, 0.4) is 0 Å². The molecule has 0 aromatic heterocycles. The van der Waals surface area contributed by atoms with Crippen LogP contribution in [-0.2, 0) is 13.2 Å². The molecule has 4 rings (SSSR count). The van der Waals surface area contributed by atoms with Crippen LogP contribution >= 0.6 is 0 Å². The van der Waals surface area contributed by atoms with E-state index in [1.807, 2.05) is 18.2 Å². The van der Waals surface area contributed by atoms with E-state index in [4.69, 9.17) is 4.74 Å². The zero-order valence-corrected chi connectivity index (χ0v) is 16.4. The molecule has 1 fully saturated rings. The predicted molar refractivity (Wildman–Crippen MR) is 114 cm³/mol. The summed E-state index contributed by atoms with van der Waals surface area (Å²) in [7, 11) is 0. The highest BCUT2D eigenvalue weighted by Crippen LogP contribution is 2.23. The number of hydrogen-bond donors (Lipinski definition) is 1. The van der Waals surface area contributed by atoms with Crippen LogP contribution in [0, 0.1) is 0 Å². The summed E-state index contributed by atoms with van der Waals surface area (Å²) in [4.78, 5) is 2.54. The molecule has 0 bridgehead atoms. The standard InChI is InChI=1S/C25H28N2O/c1-20-16-27(17-21-8-4-2-5-9-21)18-25(26-20)23-12-14-24(15-13-23)28-19-22-10-6-3-7-11-22/h2-15,20,25-26H,16-19H2,1H3/t20-,25-/m1/s1. The van der Waals surface area contributed by atoms with Crippen LogP contribution in [-0.4, -0.2) is 24.0 Å². The van der Waals surface area contributed by atoms with Gasteiger partial charge in [-0.3, -0.25) is 4.90 Å². The molecule has 0 radical (unpaired) electrons. The Morgan fingerprint density at radius 3 is 2.14 bits per heavy atom. The topological polar surface area (TPSA) is 24.5 Å². The molecule has 3 nitrogen and oxygen atoms in total. The second-order valence-electron chi connectivity index (χ2n) is 7.64. The van der Waals surface area contributed by atoms with Crippen molar-refractivity contribution in [3.8, 4) is 5.75 Å². The molecule has 0 saturated carbocycles. The fourth-order valence-corrected chi connectivity index (χ4v) is 3.88. The Kier molecular flexibility index (Phi) is 6.05.